The zero-order valence-electron chi connectivity index (χ0n) is 12.8. The predicted molar refractivity (Wildman–Crippen MR) is 91.6 cm³/mol. The zero-order valence-corrected chi connectivity index (χ0v) is 13.6. The monoisotopic (exact) mass is 319 g/mol. The van der Waals surface area contributed by atoms with Crippen LogP contribution in [0.1, 0.15) is 23.3 Å². The molecule has 0 atom stereocenters. The Bertz CT molecular complexity index is 608. The fraction of sp³-hybridized carbons (Fsp3) is 0.333. The molecule has 0 saturated heterocycles. The molecule has 3 rings (SSSR count). The van der Waals surface area contributed by atoms with Crippen molar-refractivity contribution < 1.29 is 9.15 Å². The molecule has 0 N–H and O–H groups in total. The highest BCUT2D eigenvalue weighted by Gasteiger charge is 2.10. The molecule has 0 aliphatic carbocycles. The van der Waals surface area contributed by atoms with Crippen LogP contribution in [0.5, 0.6) is 5.75 Å². The normalized spacial score (nSPS) is 13.7. The van der Waals surface area contributed by atoms with Gasteiger partial charge in [0.05, 0.1) is 12.9 Å². The van der Waals surface area contributed by atoms with Gasteiger partial charge in [0.1, 0.15) is 11.5 Å². The first-order valence-electron chi connectivity index (χ1n) is 7.44. The molecule has 118 valence electrons. The van der Waals surface area contributed by atoms with E-state index in [0.29, 0.717) is 0 Å². The Morgan fingerprint density at radius 3 is 3.00 bits per heavy atom. The van der Waals surface area contributed by atoms with E-state index in [0.717, 1.165) is 44.0 Å². The summed E-state index contributed by atoms with van der Waals surface area (Å²) in [5, 5.41) is 0. The van der Waals surface area contributed by atoms with E-state index in [9.17, 15) is 0 Å². The first-order chi connectivity index (χ1) is 10.3. The van der Waals surface area contributed by atoms with E-state index in [4.69, 9.17) is 9.15 Å². The van der Waals surface area contributed by atoms with Crippen molar-refractivity contribution in [3.8, 4) is 5.75 Å². The predicted octanol–water partition coefficient (Wildman–Crippen LogP) is 4.17. The number of hydrogen-bond donors (Lipinski definition) is 0. The summed E-state index contributed by atoms with van der Waals surface area (Å²) in [6.45, 7) is 2.65. The molecule has 0 amide bonds. The van der Waals surface area contributed by atoms with E-state index in [1.807, 2.05) is 18.2 Å². The standard InChI is InChI=1S/C18H21NO2.ClH/c1-19(10-2-6-17-7-4-11-20-17)14-15-8-9-16-5-3-12-21-18(16)13-15;/h2,4,6-9,11,13H,3,5,10,12,14H2,1H3;1H/b6-2+;. The van der Waals surface area contributed by atoms with Gasteiger partial charge in [-0.3, -0.25) is 4.90 Å². The van der Waals surface area contributed by atoms with Crippen LogP contribution in [0.4, 0.5) is 0 Å². The lowest BCUT2D eigenvalue weighted by Gasteiger charge is -2.20. The summed E-state index contributed by atoms with van der Waals surface area (Å²) in [6.07, 6.45) is 8.08. The van der Waals surface area contributed by atoms with Crippen molar-refractivity contribution in [2.75, 3.05) is 20.2 Å². The van der Waals surface area contributed by atoms with Crippen molar-refractivity contribution in [1.29, 1.82) is 0 Å². The minimum Gasteiger partial charge on any atom is -0.493 e. The number of benzene rings is 1. The molecular formula is C18H22ClNO2. The van der Waals surface area contributed by atoms with Gasteiger partial charge in [0.15, 0.2) is 0 Å². The average Bonchev–Trinajstić information content (AvgIpc) is 3.00. The fourth-order valence-electron chi connectivity index (χ4n) is 2.59. The number of furan rings is 1. The third-order valence-corrected chi connectivity index (χ3v) is 3.67. The Hall–Kier alpha value is -1.71. The van der Waals surface area contributed by atoms with Crippen LogP contribution in [-0.2, 0) is 13.0 Å². The molecule has 2 aromatic rings. The first kappa shape index (κ1) is 16.7. The van der Waals surface area contributed by atoms with Gasteiger partial charge in [-0.25, -0.2) is 0 Å². The Balaban J connectivity index is 0.00000176. The summed E-state index contributed by atoms with van der Waals surface area (Å²) in [5.74, 6) is 1.96. The van der Waals surface area contributed by atoms with Gasteiger partial charge in [-0.05, 0) is 55.3 Å². The largest absolute Gasteiger partial charge is 0.493 e. The Morgan fingerprint density at radius 1 is 1.27 bits per heavy atom. The Labute approximate surface area is 138 Å². The van der Waals surface area contributed by atoms with Crippen LogP contribution in [0.15, 0.2) is 47.1 Å². The number of halogens is 1. The van der Waals surface area contributed by atoms with Crippen LogP contribution in [0.2, 0.25) is 0 Å². The maximum atomic E-state index is 5.73. The highest BCUT2D eigenvalue weighted by Crippen LogP contribution is 2.26. The molecule has 3 nitrogen and oxygen atoms in total. The van der Waals surface area contributed by atoms with Crippen LogP contribution in [0.3, 0.4) is 0 Å². The van der Waals surface area contributed by atoms with Gasteiger partial charge in [0.25, 0.3) is 0 Å². The number of fused-ring (bicyclic) bond motifs is 1. The van der Waals surface area contributed by atoms with Crippen molar-refractivity contribution in [3.63, 3.8) is 0 Å². The number of rotatable bonds is 5. The molecule has 0 bridgehead atoms. The second kappa shape index (κ2) is 8.06. The van der Waals surface area contributed by atoms with Gasteiger partial charge < -0.3 is 9.15 Å². The van der Waals surface area contributed by atoms with Crippen LogP contribution in [0, 0.1) is 0 Å². The summed E-state index contributed by atoms with van der Waals surface area (Å²) in [5.41, 5.74) is 2.63. The highest BCUT2D eigenvalue weighted by atomic mass is 35.5. The molecule has 2 heterocycles. The lowest BCUT2D eigenvalue weighted by molar-refractivity contribution is 0.287. The number of nitrogens with zero attached hydrogens (tertiary/aromatic N) is 1. The molecular weight excluding hydrogens is 298 g/mol. The number of hydrogen-bond acceptors (Lipinski definition) is 3. The Kier molecular flexibility index (Phi) is 6.10. The lowest BCUT2D eigenvalue weighted by Crippen LogP contribution is -2.18. The van der Waals surface area contributed by atoms with Gasteiger partial charge in [-0.2, -0.15) is 0 Å². The van der Waals surface area contributed by atoms with E-state index in [1.165, 1.54) is 11.1 Å². The number of likely N-dealkylation sites (N-methyl/N-ethyl adjacent to an activating group) is 1. The molecule has 0 spiro atoms. The van der Waals surface area contributed by atoms with Crippen molar-refractivity contribution in [2.45, 2.75) is 19.4 Å². The van der Waals surface area contributed by atoms with E-state index < -0.39 is 0 Å². The maximum Gasteiger partial charge on any atom is 0.126 e. The fourth-order valence-corrected chi connectivity index (χ4v) is 2.59. The molecule has 0 fully saturated rings. The maximum absolute atomic E-state index is 5.73. The summed E-state index contributed by atoms with van der Waals surface area (Å²) in [6, 6.07) is 10.5. The van der Waals surface area contributed by atoms with Gasteiger partial charge in [0, 0.05) is 13.1 Å². The molecule has 1 aliphatic rings. The van der Waals surface area contributed by atoms with E-state index in [1.54, 1.807) is 6.26 Å². The van der Waals surface area contributed by atoms with Crippen LogP contribution >= 0.6 is 12.4 Å². The topological polar surface area (TPSA) is 25.6 Å². The number of ether oxygens (including phenoxy) is 1. The highest BCUT2D eigenvalue weighted by molar-refractivity contribution is 5.85. The second-order valence-corrected chi connectivity index (χ2v) is 5.51. The smallest absolute Gasteiger partial charge is 0.126 e. The van der Waals surface area contributed by atoms with E-state index in [-0.39, 0.29) is 12.4 Å². The Morgan fingerprint density at radius 2 is 2.18 bits per heavy atom. The summed E-state index contributed by atoms with van der Waals surface area (Å²) in [4.78, 5) is 2.27. The van der Waals surface area contributed by atoms with Gasteiger partial charge in [-0.15, -0.1) is 12.4 Å². The minimum atomic E-state index is 0. The average molecular weight is 320 g/mol. The van der Waals surface area contributed by atoms with E-state index >= 15 is 0 Å². The van der Waals surface area contributed by atoms with Gasteiger partial charge in [-0.1, -0.05) is 18.2 Å². The zero-order chi connectivity index (χ0) is 14.5. The van der Waals surface area contributed by atoms with Gasteiger partial charge in [0.2, 0.25) is 0 Å². The SMILES string of the molecule is CN(C/C=C/c1ccco1)Cc1ccc2c(c1)OCCC2.Cl. The number of aryl methyl sites for hydroxylation is 1. The lowest BCUT2D eigenvalue weighted by atomic mass is 10.0. The summed E-state index contributed by atoms with van der Waals surface area (Å²) in [7, 11) is 2.12. The molecule has 1 aromatic carbocycles. The van der Waals surface area contributed by atoms with Crippen LogP contribution in [0.25, 0.3) is 6.08 Å². The third kappa shape index (κ3) is 4.39. The molecule has 0 unspecified atom stereocenters. The molecule has 0 saturated carbocycles. The summed E-state index contributed by atoms with van der Waals surface area (Å²) < 4.78 is 11.0. The van der Waals surface area contributed by atoms with Crippen molar-refractivity contribution in [3.05, 3.63) is 59.6 Å². The van der Waals surface area contributed by atoms with E-state index in [2.05, 4.69) is 36.2 Å². The third-order valence-electron chi connectivity index (χ3n) is 3.67. The molecule has 4 heteroatoms. The molecule has 22 heavy (non-hydrogen) atoms. The molecule has 1 aromatic heterocycles. The van der Waals surface area contributed by atoms with Crippen molar-refractivity contribution >= 4 is 18.5 Å². The molecule has 0 radical (unpaired) electrons. The first-order valence-corrected chi connectivity index (χ1v) is 7.44. The second-order valence-electron chi connectivity index (χ2n) is 5.51. The minimum absolute atomic E-state index is 0. The van der Waals surface area contributed by atoms with Crippen LogP contribution < -0.4 is 4.74 Å². The van der Waals surface area contributed by atoms with Gasteiger partial charge >= 0.3 is 0 Å². The quantitative estimate of drug-likeness (QED) is 0.827. The van der Waals surface area contributed by atoms with Crippen molar-refractivity contribution in [1.82, 2.24) is 4.90 Å². The van der Waals surface area contributed by atoms with Crippen molar-refractivity contribution in [2.24, 2.45) is 0 Å². The summed E-state index contributed by atoms with van der Waals surface area (Å²) >= 11 is 0. The molecule has 1 aliphatic heterocycles. The van der Waals surface area contributed by atoms with Crippen LogP contribution in [-0.4, -0.2) is 25.1 Å².